The maximum Gasteiger partial charge on any atom is 0.337 e. The number of carboxylic acids is 1. The minimum Gasteiger partial charge on any atom is -0.478 e. The van der Waals surface area contributed by atoms with Gasteiger partial charge >= 0.3 is 5.97 Å². The number of benzene rings is 1. The summed E-state index contributed by atoms with van der Waals surface area (Å²) in [4.78, 5) is 12.7. The largest absolute Gasteiger partial charge is 0.478 e. The second-order valence-corrected chi connectivity index (χ2v) is 5.96. The summed E-state index contributed by atoms with van der Waals surface area (Å²) in [6.07, 6.45) is 3.22. The molecule has 0 saturated carbocycles. The number of nitrogens with two attached hydrogens (primary N) is 1. The number of para-hydroxylation sites is 1. The van der Waals surface area contributed by atoms with Gasteiger partial charge in [0.15, 0.2) is 0 Å². The van der Waals surface area contributed by atoms with E-state index >= 15 is 0 Å². The van der Waals surface area contributed by atoms with E-state index in [9.17, 15) is 9.90 Å². The Labute approximate surface area is 121 Å². The molecule has 5 heteroatoms. The van der Waals surface area contributed by atoms with Crippen molar-refractivity contribution in [1.82, 2.24) is 0 Å². The van der Waals surface area contributed by atoms with E-state index in [4.69, 9.17) is 5.73 Å². The molecule has 1 heterocycles. The van der Waals surface area contributed by atoms with Crippen LogP contribution in [0.5, 0.6) is 0 Å². The molecule has 0 amide bonds. The number of aromatic carboxylic acids is 1. The SMILES string of the molecule is Nc1cccc(C(=O)O)c1NC1CCCc2sccc21. The van der Waals surface area contributed by atoms with E-state index in [2.05, 4.69) is 16.8 Å². The first-order valence-electron chi connectivity index (χ1n) is 6.61. The van der Waals surface area contributed by atoms with Crippen LogP contribution in [0.3, 0.4) is 0 Å². The zero-order valence-electron chi connectivity index (χ0n) is 10.9. The molecule has 0 radical (unpaired) electrons. The molecule has 0 bridgehead atoms. The van der Waals surface area contributed by atoms with Crippen molar-refractivity contribution in [3.05, 3.63) is 45.6 Å². The van der Waals surface area contributed by atoms with Crippen molar-refractivity contribution in [3.8, 4) is 0 Å². The van der Waals surface area contributed by atoms with Crippen molar-refractivity contribution in [2.75, 3.05) is 11.1 Å². The summed E-state index contributed by atoms with van der Waals surface area (Å²) in [7, 11) is 0. The quantitative estimate of drug-likeness (QED) is 0.755. The van der Waals surface area contributed by atoms with Crippen LogP contribution in [0.25, 0.3) is 0 Å². The van der Waals surface area contributed by atoms with E-state index in [0.29, 0.717) is 11.4 Å². The van der Waals surface area contributed by atoms with Gasteiger partial charge in [-0.25, -0.2) is 4.79 Å². The molecule has 1 aliphatic rings. The lowest BCUT2D eigenvalue weighted by atomic mass is 9.93. The number of fused-ring (bicyclic) bond motifs is 1. The van der Waals surface area contributed by atoms with Gasteiger partial charge in [-0.3, -0.25) is 0 Å². The van der Waals surface area contributed by atoms with Gasteiger partial charge in [-0.05, 0) is 48.4 Å². The van der Waals surface area contributed by atoms with Crippen molar-refractivity contribution in [1.29, 1.82) is 0 Å². The highest BCUT2D eigenvalue weighted by Crippen LogP contribution is 2.37. The van der Waals surface area contributed by atoms with Crippen LogP contribution < -0.4 is 11.1 Å². The summed E-state index contributed by atoms with van der Waals surface area (Å²) in [5.41, 5.74) is 8.47. The molecule has 1 aliphatic carbocycles. The number of rotatable bonds is 3. The number of hydrogen-bond acceptors (Lipinski definition) is 4. The molecular formula is C15H16N2O2S. The average Bonchev–Trinajstić information content (AvgIpc) is 2.90. The van der Waals surface area contributed by atoms with Gasteiger partial charge in [0, 0.05) is 4.88 Å². The van der Waals surface area contributed by atoms with E-state index in [1.807, 2.05) is 0 Å². The minimum absolute atomic E-state index is 0.146. The Morgan fingerprint density at radius 3 is 3.05 bits per heavy atom. The van der Waals surface area contributed by atoms with Gasteiger partial charge in [0.25, 0.3) is 0 Å². The smallest absolute Gasteiger partial charge is 0.337 e. The average molecular weight is 288 g/mol. The fraction of sp³-hybridized carbons (Fsp3) is 0.267. The number of anilines is 2. The van der Waals surface area contributed by atoms with Crippen molar-refractivity contribution in [2.24, 2.45) is 0 Å². The standard InChI is InChI=1S/C15H16N2O2S/c16-11-4-1-3-10(15(18)19)14(11)17-12-5-2-6-13-9(12)7-8-20-13/h1,3-4,7-8,12,17H,2,5-6,16H2,(H,18,19). The number of nitrogen functional groups attached to an aromatic ring is 1. The van der Waals surface area contributed by atoms with Crippen LogP contribution in [0.4, 0.5) is 11.4 Å². The van der Waals surface area contributed by atoms with E-state index in [0.717, 1.165) is 19.3 Å². The summed E-state index contributed by atoms with van der Waals surface area (Å²) in [5, 5.41) is 14.7. The van der Waals surface area contributed by atoms with Crippen molar-refractivity contribution < 1.29 is 9.90 Å². The topological polar surface area (TPSA) is 75.4 Å². The molecule has 1 aromatic heterocycles. The van der Waals surface area contributed by atoms with Crippen molar-refractivity contribution >= 4 is 28.7 Å². The second kappa shape index (κ2) is 5.17. The molecule has 4 nitrogen and oxygen atoms in total. The Kier molecular flexibility index (Phi) is 3.36. The highest BCUT2D eigenvalue weighted by atomic mass is 32.1. The van der Waals surface area contributed by atoms with Crippen LogP contribution in [-0.4, -0.2) is 11.1 Å². The second-order valence-electron chi connectivity index (χ2n) is 4.96. The molecular weight excluding hydrogens is 272 g/mol. The number of carboxylic acid groups (broad SMARTS) is 1. The lowest BCUT2D eigenvalue weighted by molar-refractivity contribution is 0.0698. The molecule has 3 rings (SSSR count). The molecule has 0 fully saturated rings. The Morgan fingerprint density at radius 2 is 2.25 bits per heavy atom. The maximum absolute atomic E-state index is 11.3. The van der Waals surface area contributed by atoms with Gasteiger partial charge in [-0.2, -0.15) is 0 Å². The van der Waals surface area contributed by atoms with Gasteiger partial charge in [0.2, 0.25) is 0 Å². The minimum atomic E-state index is -0.957. The summed E-state index contributed by atoms with van der Waals surface area (Å²) >= 11 is 1.77. The van der Waals surface area contributed by atoms with Crippen molar-refractivity contribution in [3.63, 3.8) is 0 Å². The summed E-state index contributed by atoms with van der Waals surface area (Å²) in [5.74, 6) is -0.957. The van der Waals surface area contributed by atoms with E-state index in [1.165, 1.54) is 10.4 Å². The zero-order valence-corrected chi connectivity index (χ0v) is 11.7. The van der Waals surface area contributed by atoms with Crippen molar-refractivity contribution in [2.45, 2.75) is 25.3 Å². The van der Waals surface area contributed by atoms with Gasteiger partial charge in [-0.15, -0.1) is 11.3 Å². The number of aryl methyl sites for hydroxylation is 1. The molecule has 1 atom stereocenters. The normalized spacial score (nSPS) is 17.5. The molecule has 20 heavy (non-hydrogen) atoms. The Balaban J connectivity index is 1.96. The van der Waals surface area contributed by atoms with Gasteiger partial charge < -0.3 is 16.2 Å². The molecule has 1 unspecified atom stereocenters. The van der Waals surface area contributed by atoms with Crippen LogP contribution in [0.2, 0.25) is 0 Å². The third kappa shape index (κ3) is 2.25. The fourth-order valence-corrected chi connectivity index (χ4v) is 3.71. The lowest BCUT2D eigenvalue weighted by Crippen LogP contribution is -2.18. The molecule has 104 valence electrons. The third-order valence-corrected chi connectivity index (χ3v) is 4.69. The van der Waals surface area contributed by atoms with Crippen LogP contribution in [0, 0.1) is 0 Å². The number of hydrogen-bond donors (Lipinski definition) is 3. The molecule has 4 N–H and O–H groups in total. The lowest BCUT2D eigenvalue weighted by Gasteiger charge is -2.26. The van der Waals surface area contributed by atoms with Crippen LogP contribution in [-0.2, 0) is 6.42 Å². The molecule has 2 aromatic rings. The summed E-state index contributed by atoms with van der Waals surface area (Å²) < 4.78 is 0. The van der Waals surface area contributed by atoms with Gasteiger partial charge in [0.05, 0.1) is 23.0 Å². The van der Waals surface area contributed by atoms with Gasteiger partial charge in [-0.1, -0.05) is 6.07 Å². The zero-order chi connectivity index (χ0) is 14.1. The van der Waals surface area contributed by atoms with E-state index in [1.54, 1.807) is 29.5 Å². The van der Waals surface area contributed by atoms with Crippen LogP contribution >= 0.6 is 11.3 Å². The number of thiophene rings is 1. The Hall–Kier alpha value is -2.01. The summed E-state index contributed by atoms with van der Waals surface area (Å²) in [6, 6.07) is 7.25. The highest BCUT2D eigenvalue weighted by molar-refractivity contribution is 7.10. The number of carbonyl (C=O) groups is 1. The first-order valence-corrected chi connectivity index (χ1v) is 7.49. The van der Waals surface area contributed by atoms with Crippen LogP contribution in [0.1, 0.15) is 39.7 Å². The predicted molar refractivity (Wildman–Crippen MR) is 81.4 cm³/mol. The molecule has 1 aromatic carbocycles. The first kappa shape index (κ1) is 13.0. The Bertz CT molecular complexity index is 651. The van der Waals surface area contributed by atoms with E-state index < -0.39 is 5.97 Å². The first-order chi connectivity index (χ1) is 9.66. The van der Waals surface area contributed by atoms with Crippen LogP contribution in [0.15, 0.2) is 29.6 Å². The van der Waals surface area contributed by atoms with E-state index in [-0.39, 0.29) is 11.6 Å². The molecule has 0 saturated heterocycles. The van der Waals surface area contributed by atoms with Gasteiger partial charge in [0.1, 0.15) is 0 Å². The maximum atomic E-state index is 11.3. The molecule has 0 aliphatic heterocycles. The predicted octanol–water partition coefficient (Wildman–Crippen LogP) is 3.52. The summed E-state index contributed by atoms with van der Waals surface area (Å²) in [6.45, 7) is 0. The third-order valence-electron chi connectivity index (χ3n) is 3.70. The fourth-order valence-electron chi connectivity index (χ4n) is 2.72. The highest BCUT2D eigenvalue weighted by Gasteiger charge is 2.23. The Morgan fingerprint density at radius 1 is 1.40 bits per heavy atom. The number of nitrogens with one attached hydrogen (secondary N) is 1. The molecule has 0 spiro atoms. The monoisotopic (exact) mass is 288 g/mol.